The Morgan fingerprint density at radius 2 is 1.45 bits per heavy atom. The van der Waals surface area contributed by atoms with Gasteiger partial charge in [0.25, 0.3) is 0 Å². The lowest BCUT2D eigenvalue weighted by molar-refractivity contribution is 0.324. The molecule has 0 amide bonds. The van der Waals surface area contributed by atoms with Crippen LogP contribution in [0.25, 0.3) is 0 Å². The summed E-state index contributed by atoms with van der Waals surface area (Å²) in [5.74, 6) is 1.86. The molecular weight excluding hydrogens is 258 g/mol. The van der Waals surface area contributed by atoms with Crippen molar-refractivity contribution in [3.8, 4) is 17.2 Å². The Labute approximate surface area is 119 Å². The Morgan fingerprint density at radius 1 is 0.950 bits per heavy atom. The van der Waals surface area contributed by atoms with E-state index in [1.54, 1.807) is 21.3 Å². The average molecular weight is 281 g/mol. The van der Waals surface area contributed by atoms with Crippen molar-refractivity contribution in [2.45, 2.75) is 18.5 Å². The molecule has 0 bridgehead atoms. The maximum Gasteiger partial charge on any atom is 0.203 e. The minimum Gasteiger partial charge on any atom is -0.493 e. The second kappa shape index (κ2) is 6.19. The molecular formula is C14H23N3O3. The normalized spacial score (nSPS) is 22.6. The summed E-state index contributed by atoms with van der Waals surface area (Å²) >= 11 is 0. The van der Waals surface area contributed by atoms with Gasteiger partial charge < -0.3 is 30.6 Å². The molecule has 6 heteroatoms. The molecule has 1 fully saturated rings. The fraction of sp³-hybridized carbons (Fsp3) is 0.571. The third-order valence-electron chi connectivity index (χ3n) is 3.53. The second-order valence-electron chi connectivity index (χ2n) is 5.04. The standard InChI is InChI=1S/C14H23N3O3/c1-18-12-5-11(6-13(19-2)14(12)20-3)17-7-9(15)4-10(16)8-17/h5-6,9-10H,4,7-8,15-16H2,1-3H3. The van der Waals surface area contributed by atoms with Crippen LogP contribution in [0.15, 0.2) is 12.1 Å². The first-order chi connectivity index (χ1) is 9.58. The Bertz CT molecular complexity index is 432. The highest BCUT2D eigenvalue weighted by molar-refractivity contribution is 5.64. The zero-order valence-electron chi connectivity index (χ0n) is 12.3. The number of nitrogens with two attached hydrogens (primary N) is 2. The van der Waals surface area contributed by atoms with E-state index in [9.17, 15) is 0 Å². The van der Waals surface area contributed by atoms with Crippen LogP contribution < -0.4 is 30.6 Å². The van der Waals surface area contributed by atoms with Gasteiger partial charge in [-0.05, 0) is 6.42 Å². The van der Waals surface area contributed by atoms with Gasteiger partial charge in [0.05, 0.1) is 21.3 Å². The Balaban J connectivity index is 2.36. The molecule has 1 heterocycles. The maximum atomic E-state index is 6.04. The van der Waals surface area contributed by atoms with Gasteiger partial charge in [-0.25, -0.2) is 0 Å². The van der Waals surface area contributed by atoms with E-state index in [2.05, 4.69) is 4.90 Å². The van der Waals surface area contributed by atoms with Crippen molar-refractivity contribution in [2.24, 2.45) is 11.5 Å². The SMILES string of the molecule is COc1cc(N2CC(N)CC(N)C2)cc(OC)c1OC. The number of nitrogens with zero attached hydrogens (tertiary/aromatic N) is 1. The third-order valence-corrected chi connectivity index (χ3v) is 3.53. The summed E-state index contributed by atoms with van der Waals surface area (Å²) in [6, 6.07) is 4.01. The molecule has 0 aromatic heterocycles. The van der Waals surface area contributed by atoms with Crippen molar-refractivity contribution in [1.82, 2.24) is 0 Å². The van der Waals surface area contributed by atoms with Crippen LogP contribution in [-0.2, 0) is 0 Å². The lowest BCUT2D eigenvalue weighted by Gasteiger charge is -2.36. The average Bonchev–Trinajstić information content (AvgIpc) is 2.44. The van der Waals surface area contributed by atoms with E-state index in [1.165, 1.54) is 0 Å². The zero-order valence-corrected chi connectivity index (χ0v) is 12.3. The van der Waals surface area contributed by atoms with E-state index in [0.717, 1.165) is 25.2 Å². The molecule has 1 saturated heterocycles. The summed E-state index contributed by atoms with van der Waals surface area (Å²) < 4.78 is 16.1. The minimum absolute atomic E-state index is 0.0813. The monoisotopic (exact) mass is 281 g/mol. The van der Waals surface area contributed by atoms with Gasteiger partial charge >= 0.3 is 0 Å². The molecule has 2 unspecified atom stereocenters. The van der Waals surface area contributed by atoms with Gasteiger partial charge in [0, 0.05) is 43.0 Å². The van der Waals surface area contributed by atoms with E-state index in [0.29, 0.717) is 17.2 Å². The highest BCUT2D eigenvalue weighted by Crippen LogP contribution is 2.41. The van der Waals surface area contributed by atoms with Gasteiger partial charge in [0.15, 0.2) is 11.5 Å². The van der Waals surface area contributed by atoms with E-state index < -0.39 is 0 Å². The molecule has 4 N–H and O–H groups in total. The van der Waals surface area contributed by atoms with Gasteiger partial charge in [-0.1, -0.05) is 0 Å². The van der Waals surface area contributed by atoms with E-state index >= 15 is 0 Å². The molecule has 1 aromatic carbocycles. The summed E-state index contributed by atoms with van der Waals surface area (Å²) in [4.78, 5) is 2.16. The first-order valence-corrected chi connectivity index (χ1v) is 6.65. The van der Waals surface area contributed by atoms with Crippen molar-refractivity contribution < 1.29 is 14.2 Å². The Kier molecular flexibility index (Phi) is 4.57. The van der Waals surface area contributed by atoms with E-state index in [4.69, 9.17) is 25.7 Å². The van der Waals surface area contributed by atoms with Crippen LogP contribution in [-0.4, -0.2) is 46.5 Å². The fourth-order valence-corrected chi connectivity index (χ4v) is 2.64. The number of methoxy groups -OCH3 is 3. The largest absolute Gasteiger partial charge is 0.493 e. The predicted octanol–water partition coefficient (Wildman–Crippen LogP) is 0.577. The molecule has 2 rings (SSSR count). The van der Waals surface area contributed by atoms with E-state index in [-0.39, 0.29) is 12.1 Å². The maximum absolute atomic E-state index is 6.04. The first-order valence-electron chi connectivity index (χ1n) is 6.65. The van der Waals surface area contributed by atoms with Gasteiger partial charge in [-0.2, -0.15) is 0 Å². The van der Waals surface area contributed by atoms with Gasteiger partial charge in [-0.3, -0.25) is 0 Å². The number of anilines is 1. The molecule has 0 spiro atoms. The van der Waals surface area contributed by atoms with Crippen LogP contribution in [0.3, 0.4) is 0 Å². The summed E-state index contributed by atoms with van der Waals surface area (Å²) in [5, 5.41) is 0. The fourth-order valence-electron chi connectivity index (χ4n) is 2.64. The zero-order chi connectivity index (χ0) is 14.7. The van der Waals surface area contributed by atoms with Crippen molar-refractivity contribution in [2.75, 3.05) is 39.3 Å². The molecule has 20 heavy (non-hydrogen) atoms. The molecule has 1 aliphatic heterocycles. The lowest BCUT2D eigenvalue weighted by atomic mass is 10.0. The van der Waals surface area contributed by atoms with Crippen LogP contribution in [0.1, 0.15) is 6.42 Å². The minimum atomic E-state index is 0.0813. The van der Waals surface area contributed by atoms with Crippen molar-refractivity contribution >= 4 is 5.69 Å². The van der Waals surface area contributed by atoms with Crippen molar-refractivity contribution in [3.05, 3.63) is 12.1 Å². The number of rotatable bonds is 4. The highest BCUT2D eigenvalue weighted by atomic mass is 16.5. The quantitative estimate of drug-likeness (QED) is 0.840. The topological polar surface area (TPSA) is 83.0 Å². The molecule has 2 atom stereocenters. The Hall–Kier alpha value is -1.66. The van der Waals surface area contributed by atoms with Crippen molar-refractivity contribution in [1.29, 1.82) is 0 Å². The van der Waals surface area contributed by atoms with Crippen LogP contribution in [0.5, 0.6) is 17.2 Å². The summed E-state index contributed by atoms with van der Waals surface area (Å²) in [6.45, 7) is 1.54. The third kappa shape index (κ3) is 2.91. The van der Waals surface area contributed by atoms with Gasteiger partial charge in [0.1, 0.15) is 0 Å². The first kappa shape index (κ1) is 14.7. The number of benzene rings is 1. The molecule has 0 saturated carbocycles. The van der Waals surface area contributed by atoms with Gasteiger partial charge in [0.2, 0.25) is 5.75 Å². The van der Waals surface area contributed by atoms with Crippen LogP contribution in [0, 0.1) is 0 Å². The highest BCUT2D eigenvalue weighted by Gasteiger charge is 2.24. The van der Waals surface area contributed by atoms with Crippen LogP contribution in [0.4, 0.5) is 5.69 Å². The lowest BCUT2D eigenvalue weighted by Crippen LogP contribution is -2.52. The van der Waals surface area contributed by atoms with E-state index in [1.807, 2.05) is 12.1 Å². The number of piperidine rings is 1. The second-order valence-corrected chi connectivity index (χ2v) is 5.04. The molecule has 0 aliphatic carbocycles. The summed E-state index contributed by atoms with van der Waals surface area (Å²) in [7, 11) is 4.80. The Morgan fingerprint density at radius 3 is 1.85 bits per heavy atom. The number of hydrogen-bond donors (Lipinski definition) is 2. The summed E-state index contributed by atoms with van der Waals surface area (Å²) in [6.07, 6.45) is 0.848. The molecule has 1 aromatic rings. The predicted molar refractivity (Wildman–Crippen MR) is 78.9 cm³/mol. The molecule has 1 aliphatic rings. The van der Waals surface area contributed by atoms with Crippen LogP contribution in [0.2, 0.25) is 0 Å². The van der Waals surface area contributed by atoms with Crippen LogP contribution >= 0.6 is 0 Å². The van der Waals surface area contributed by atoms with Gasteiger partial charge in [-0.15, -0.1) is 0 Å². The molecule has 0 radical (unpaired) electrons. The smallest absolute Gasteiger partial charge is 0.203 e. The van der Waals surface area contributed by atoms with Crippen molar-refractivity contribution in [3.63, 3.8) is 0 Å². The number of hydrogen-bond acceptors (Lipinski definition) is 6. The molecule has 6 nitrogen and oxygen atoms in total. The number of ether oxygens (including phenoxy) is 3. The molecule has 112 valence electrons. The summed E-state index contributed by atoms with van der Waals surface area (Å²) in [5.41, 5.74) is 13.1.